The van der Waals surface area contributed by atoms with E-state index in [0.717, 1.165) is 12.8 Å². The Morgan fingerprint density at radius 1 is 1.50 bits per heavy atom. The third-order valence-corrected chi connectivity index (χ3v) is 2.68. The first-order chi connectivity index (χ1) is 8.79. The zero-order chi connectivity index (χ0) is 12.8. The maximum absolute atomic E-state index is 11.4. The number of allylic oxidation sites excluding steroid dienone is 4. The molecule has 1 aliphatic rings. The zero-order valence-corrected chi connectivity index (χ0v) is 10.5. The molecule has 1 amide bonds. The fourth-order valence-electron chi connectivity index (χ4n) is 1.77. The van der Waals surface area contributed by atoms with Crippen LogP contribution in [-0.2, 0) is 4.79 Å². The second-order valence-corrected chi connectivity index (χ2v) is 4.20. The first kappa shape index (κ1) is 12.5. The van der Waals surface area contributed by atoms with Gasteiger partial charge in [0.05, 0.1) is 17.6 Å². The van der Waals surface area contributed by atoms with Crippen molar-refractivity contribution in [3.8, 4) is 0 Å². The van der Waals surface area contributed by atoms with Crippen LogP contribution in [0.15, 0.2) is 47.8 Å². The van der Waals surface area contributed by atoms with Gasteiger partial charge in [0.25, 0.3) is 0 Å². The predicted octanol–water partition coefficient (Wildman–Crippen LogP) is 2.17. The monoisotopic (exact) mass is 243 g/mol. The standard InChI is InChI=1S/C14H17N3O/c1-2-6-14(18)16-12-9-10-17(15-11-12)13-7-4-3-5-8-13/h4-5,7-11,13H,2-3,6H2,1H3. The maximum atomic E-state index is 11.4. The summed E-state index contributed by atoms with van der Waals surface area (Å²) < 4.78 is 1.84. The van der Waals surface area contributed by atoms with Crippen molar-refractivity contribution in [1.82, 2.24) is 9.78 Å². The Hall–Kier alpha value is -1.97. The SMILES string of the molecule is CCCC(=O)N=c1ccn(C2C=CCC=C2)nc1. The van der Waals surface area contributed by atoms with E-state index in [2.05, 4.69) is 34.4 Å². The minimum Gasteiger partial charge on any atom is -0.273 e. The largest absolute Gasteiger partial charge is 0.273 e. The number of rotatable bonds is 3. The molecule has 1 aromatic heterocycles. The van der Waals surface area contributed by atoms with Crippen molar-refractivity contribution in [2.75, 3.05) is 0 Å². The molecule has 4 heteroatoms. The molecule has 0 radical (unpaired) electrons. The lowest BCUT2D eigenvalue weighted by Gasteiger charge is -2.13. The van der Waals surface area contributed by atoms with Gasteiger partial charge in [0.1, 0.15) is 0 Å². The van der Waals surface area contributed by atoms with Gasteiger partial charge in [-0.15, -0.1) is 0 Å². The normalized spacial score (nSPS) is 16.2. The van der Waals surface area contributed by atoms with Crippen molar-refractivity contribution in [3.63, 3.8) is 0 Å². The third-order valence-electron chi connectivity index (χ3n) is 2.68. The molecule has 0 bridgehead atoms. The molecule has 0 atom stereocenters. The van der Waals surface area contributed by atoms with E-state index in [1.807, 2.05) is 23.9 Å². The molecule has 0 unspecified atom stereocenters. The second kappa shape index (κ2) is 6.10. The van der Waals surface area contributed by atoms with Crippen molar-refractivity contribution in [2.24, 2.45) is 4.99 Å². The van der Waals surface area contributed by atoms with Crippen LogP contribution in [-0.4, -0.2) is 15.7 Å². The Bertz CT molecular complexity index is 508. The van der Waals surface area contributed by atoms with Crippen LogP contribution in [0.4, 0.5) is 0 Å². The van der Waals surface area contributed by atoms with Gasteiger partial charge in [0.15, 0.2) is 0 Å². The first-order valence-electron chi connectivity index (χ1n) is 6.25. The quantitative estimate of drug-likeness (QED) is 0.764. The topological polar surface area (TPSA) is 47.2 Å². The van der Waals surface area contributed by atoms with Crippen LogP contribution in [0.3, 0.4) is 0 Å². The van der Waals surface area contributed by atoms with E-state index in [4.69, 9.17) is 0 Å². The average molecular weight is 243 g/mol. The molecule has 1 aromatic rings. The lowest BCUT2D eigenvalue weighted by atomic mass is 10.1. The Labute approximate surface area is 106 Å². The summed E-state index contributed by atoms with van der Waals surface area (Å²) in [6.45, 7) is 1.96. The van der Waals surface area contributed by atoms with Crippen LogP contribution in [0, 0.1) is 0 Å². The molecule has 0 N–H and O–H groups in total. The molecule has 2 rings (SSSR count). The Kier molecular flexibility index (Phi) is 4.23. The molecule has 0 saturated carbocycles. The molecular weight excluding hydrogens is 226 g/mol. The van der Waals surface area contributed by atoms with Gasteiger partial charge in [0.2, 0.25) is 5.91 Å². The Balaban J connectivity index is 2.14. The summed E-state index contributed by atoms with van der Waals surface area (Å²) in [5.41, 5.74) is 0. The molecule has 1 heterocycles. The third kappa shape index (κ3) is 3.26. The number of amides is 1. The number of nitrogens with zero attached hydrogens (tertiary/aromatic N) is 3. The van der Waals surface area contributed by atoms with Crippen molar-refractivity contribution < 1.29 is 4.79 Å². The molecule has 0 aliphatic heterocycles. The fraction of sp³-hybridized carbons (Fsp3) is 0.357. The van der Waals surface area contributed by atoms with Crippen molar-refractivity contribution in [3.05, 3.63) is 48.1 Å². The molecule has 0 spiro atoms. The van der Waals surface area contributed by atoms with Crippen molar-refractivity contribution in [1.29, 1.82) is 0 Å². The Morgan fingerprint density at radius 3 is 2.89 bits per heavy atom. The van der Waals surface area contributed by atoms with E-state index in [0.29, 0.717) is 11.8 Å². The van der Waals surface area contributed by atoms with E-state index in [-0.39, 0.29) is 11.9 Å². The number of hydrogen-bond donors (Lipinski definition) is 0. The van der Waals surface area contributed by atoms with Gasteiger partial charge in [-0.05, 0) is 18.9 Å². The summed E-state index contributed by atoms with van der Waals surface area (Å²) in [4.78, 5) is 15.4. The highest BCUT2D eigenvalue weighted by Crippen LogP contribution is 2.12. The van der Waals surface area contributed by atoms with Crippen LogP contribution >= 0.6 is 0 Å². The predicted molar refractivity (Wildman–Crippen MR) is 69.6 cm³/mol. The van der Waals surface area contributed by atoms with E-state index in [1.54, 1.807) is 6.20 Å². The average Bonchev–Trinajstić information content (AvgIpc) is 2.41. The van der Waals surface area contributed by atoms with Gasteiger partial charge >= 0.3 is 0 Å². The molecule has 0 aromatic carbocycles. The lowest BCUT2D eigenvalue weighted by molar-refractivity contribution is -0.118. The summed E-state index contributed by atoms with van der Waals surface area (Å²) in [5, 5.41) is 4.90. The molecule has 0 fully saturated rings. The summed E-state index contributed by atoms with van der Waals surface area (Å²) in [5.74, 6) is -0.0884. The van der Waals surface area contributed by atoms with E-state index in [1.165, 1.54) is 0 Å². The summed E-state index contributed by atoms with van der Waals surface area (Å²) >= 11 is 0. The highest BCUT2D eigenvalue weighted by atomic mass is 16.1. The van der Waals surface area contributed by atoms with Gasteiger partial charge in [0, 0.05) is 12.6 Å². The minimum atomic E-state index is -0.0884. The summed E-state index contributed by atoms with van der Waals surface area (Å²) in [7, 11) is 0. The van der Waals surface area contributed by atoms with Gasteiger partial charge in [-0.1, -0.05) is 31.2 Å². The Morgan fingerprint density at radius 2 is 2.28 bits per heavy atom. The zero-order valence-electron chi connectivity index (χ0n) is 10.5. The van der Waals surface area contributed by atoms with E-state index >= 15 is 0 Å². The number of carbonyl (C=O) groups excluding carboxylic acids is 1. The highest BCUT2D eigenvalue weighted by molar-refractivity contribution is 5.76. The molecule has 18 heavy (non-hydrogen) atoms. The van der Waals surface area contributed by atoms with Crippen molar-refractivity contribution >= 4 is 5.91 Å². The van der Waals surface area contributed by atoms with Gasteiger partial charge in [-0.2, -0.15) is 5.10 Å². The molecule has 4 nitrogen and oxygen atoms in total. The summed E-state index contributed by atoms with van der Waals surface area (Å²) in [6, 6.07) is 1.98. The number of hydrogen-bond acceptors (Lipinski definition) is 2. The lowest BCUT2D eigenvalue weighted by Crippen LogP contribution is -2.15. The molecular formula is C14H17N3O. The minimum absolute atomic E-state index is 0.0884. The van der Waals surface area contributed by atoms with Crippen LogP contribution in [0.25, 0.3) is 0 Å². The molecule has 94 valence electrons. The van der Waals surface area contributed by atoms with Crippen LogP contribution in [0.1, 0.15) is 32.2 Å². The first-order valence-corrected chi connectivity index (χ1v) is 6.25. The van der Waals surface area contributed by atoms with E-state index in [9.17, 15) is 4.79 Å². The van der Waals surface area contributed by atoms with Gasteiger partial charge < -0.3 is 0 Å². The van der Waals surface area contributed by atoms with Crippen LogP contribution in [0.5, 0.6) is 0 Å². The van der Waals surface area contributed by atoms with Crippen molar-refractivity contribution in [2.45, 2.75) is 32.2 Å². The molecule has 1 aliphatic carbocycles. The molecule has 0 saturated heterocycles. The maximum Gasteiger partial charge on any atom is 0.246 e. The second-order valence-electron chi connectivity index (χ2n) is 4.20. The number of aromatic nitrogens is 2. The van der Waals surface area contributed by atoms with E-state index < -0.39 is 0 Å². The fourth-order valence-corrected chi connectivity index (χ4v) is 1.77. The van der Waals surface area contributed by atoms with Gasteiger partial charge in [-0.3, -0.25) is 9.48 Å². The van der Waals surface area contributed by atoms with Gasteiger partial charge in [-0.25, -0.2) is 4.99 Å². The van der Waals surface area contributed by atoms with Crippen LogP contribution in [0.2, 0.25) is 0 Å². The summed E-state index contributed by atoms with van der Waals surface area (Å²) in [6.07, 6.45) is 14.2. The number of carbonyl (C=O) groups is 1. The highest BCUT2D eigenvalue weighted by Gasteiger charge is 2.04. The smallest absolute Gasteiger partial charge is 0.246 e. The van der Waals surface area contributed by atoms with Crippen LogP contribution < -0.4 is 5.36 Å².